The number of sulfonamides is 1. The normalized spacial score (nSPS) is 12.0. The van der Waals surface area contributed by atoms with Crippen molar-refractivity contribution in [2.75, 3.05) is 23.9 Å². The molecule has 9 heteroatoms. The van der Waals surface area contributed by atoms with E-state index in [1.807, 2.05) is 44.2 Å². The summed E-state index contributed by atoms with van der Waals surface area (Å²) in [5, 5.41) is 2.85. The highest BCUT2D eigenvalue weighted by atomic mass is 32.2. The van der Waals surface area contributed by atoms with Crippen LogP contribution in [0.2, 0.25) is 0 Å². The summed E-state index contributed by atoms with van der Waals surface area (Å²) >= 11 is 0. The number of hydrogen-bond donors (Lipinski definition) is 1. The summed E-state index contributed by atoms with van der Waals surface area (Å²) < 4.78 is 43.3. The molecule has 0 aliphatic carbocycles. The zero-order valence-electron chi connectivity index (χ0n) is 22.6. The zero-order chi connectivity index (χ0) is 28.4. The lowest BCUT2D eigenvalue weighted by Gasteiger charge is -2.33. The summed E-state index contributed by atoms with van der Waals surface area (Å²) in [6, 6.07) is 20.3. The van der Waals surface area contributed by atoms with Crippen LogP contribution < -0.4 is 9.62 Å². The fraction of sp³-hybridized carbons (Fsp3) is 0.333. The van der Waals surface area contributed by atoms with Crippen LogP contribution in [-0.4, -0.2) is 50.8 Å². The molecule has 0 aliphatic rings. The first kappa shape index (κ1) is 29.8. The van der Waals surface area contributed by atoms with Crippen molar-refractivity contribution in [2.45, 2.75) is 51.0 Å². The first-order valence-corrected chi connectivity index (χ1v) is 14.6. The van der Waals surface area contributed by atoms with Gasteiger partial charge in [0, 0.05) is 13.1 Å². The number of anilines is 1. The van der Waals surface area contributed by atoms with E-state index < -0.39 is 34.3 Å². The number of amides is 2. The van der Waals surface area contributed by atoms with Crippen molar-refractivity contribution < 1.29 is 22.4 Å². The van der Waals surface area contributed by atoms with E-state index in [9.17, 15) is 22.4 Å². The molecule has 0 heterocycles. The van der Waals surface area contributed by atoms with E-state index in [0.717, 1.165) is 27.9 Å². The molecule has 0 aromatic heterocycles. The molecule has 0 saturated heterocycles. The first-order valence-electron chi connectivity index (χ1n) is 13.1. The molecule has 39 heavy (non-hydrogen) atoms. The lowest BCUT2D eigenvalue weighted by Crippen LogP contribution is -2.53. The fourth-order valence-electron chi connectivity index (χ4n) is 4.27. The molecule has 1 N–H and O–H groups in total. The van der Waals surface area contributed by atoms with E-state index in [2.05, 4.69) is 5.32 Å². The molecule has 208 valence electrons. The maximum Gasteiger partial charge on any atom is 0.264 e. The fourth-order valence-corrected chi connectivity index (χ4v) is 5.69. The Morgan fingerprint density at radius 1 is 0.923 bits per heavy atom. The number of nitrogens with zero attached hydrogens (tertiary/aromatic N) is 2. The van der Waals surface area contributed by atoms with Crippen molar-refractivity contribution in [3.63, 3.8) is 0 Å². The molecule has 3 aromatic carbocycles. The Labute approximate surface area is 230 Å². The van der Waals surface area contributed by atoms with Crippen molar-refractivity contribution in [1.29, 1.82) is 0 Å². The second-order valence-corrected chi connectivity index (χ2v) is 11.2. The number of carbonyl (C=O) groups is 2. The number of aryl methyl sites for hydroxylation is 1. The van der Waals surface area contributed by atoms with Crippen molar-refractivity contribution in [2.24, 2.45) is 0 Å². The average molecular weight is 554 g/mol. The quantitative estimate of drug-likeness (QED) is 0.332. The second-order valence-electron chi connectivity index (χ2n) is 9.31. The van der Waals surface area contributed by atoms with Gasteiger partial charge in [0.15, 0.2) is 0 Å². The van der Waals surface area contributed by atoms with Crippen LogP contribution >= 0.6 is 0 Å². The Hall–Kier alpha value is -3.72. The molecule has 0 fully saturated rings. The molecule has 0 aliphatic heterocycles. The van der Waals surface area contributed by atoms with Gasteiger partial charge in [0.2, 0.25) is 11.8 Å². The molecule has 1 unspecified atom stereocenters. The van der Waals surface area contributed by atoms with Gasteiger partial charge in [-0.3, -0.25) is 13.9 Å². The zero-order valence-corrected chi connectivity index (χ0v) is 23.5. The molecule has 0 spiro atoms. The molecule has 3 rings (SSSR count). The summed E-state index contributed by atoms with van der Waals surface area (Å²) in [6.07, 6.45) is 1.53. The van der Waals surface area contributed by atoms with Crippen LogP contribution in [0.5, 0.6) is 0 Å². The number of para-hydroxylation sites is 1. The highest BCUT2D eigenvalue weighted by Crippen LogP contribution is 2.27. The molecule has 2 amide bonds. The summed E-state index contributed by atoms with van der Waals surface area (Å²) in [4.78, 5) is 28.3. The number of hydrogen-bond acceptors (Lipinski definition) is 4. The Balaban J connectivity index is 2.01. The minimum atomic E-state index is -4.31. The third kappa shape index (κ3) is 7.66. The van der Waals surface area contributed by atoms with E-state index in [1.165, 1.54) is 35.2 Å². The topological polar surface area (TPSA) is 86.8 Å². The summed E-state index contributed by atoms with van der Waals surface area (Å²) in [5.41, 5.74) is 1.59. The van der Waals surface area contributed by atoms with Crippen molar-refractivity contribution >= 4 is 27.5 Å². The van der Waals surface area contributed by atoms with Gasteiger partial charge < -0.3 is 10.2 Å². The summed E-state index contributed by atoms with van der Waals surface area (Å²) in [6.45, 7) is 5.55. The van der Waals surface area contributed by atoms with E-state index in [1.54, 1.807) is 19.1 Å². The number of nitrogens with one attached hydrogen (secondary N) is 1. The van der Waals surface area contributed by atoms with Gasteiger partial charge in [-0.1, -0.05) is 74.0 Å². The Kier molecular flexibility index (Phi) is 10.6. The molecule has 0 saturated carbocycles. The molecular formula is C30H36FN3O4S. The summed E-state index contributed by atoms with van der Waals surface area (Å²) in [7, 11) is -4.31. The summed E-state index contributed by atoms with van der Waals surface area (Å²) in [5.74, 6) is -1.67. The van der Waals surface area contributed by atoms with Crippen LogP contribution in [0.3, 0.4) is 0 Å². The predicted molar refractivity (Wildman–Crippen MR) is 151 cm³/mol. The van der Waals surface area contributed by atoms with Crippen LogP contribution in [0.25, 0.3) is 0 Å². The van der Waals surface area contributed by atoms with Crippen LogP contribution in [0.4, 0.5) is 10.1 Å². The standard InChI is InChI=1S/C30H36FN3O4S/c1-4-20-32-30(36)27(5-2)33(21-19-24-11-7-6-8-12-24)29(35)22-34(28-14-10-9-13-26(28)31)39(37,38)25-17-15-23(3)16-18-25/h6-18,27H,4-5,19-22H2,1-3H3,(H,32,36). The van der Waals surface area contributed by atoms with Gasteiger partial charge in [-0.25, -0.2) is 12.8 Å². The number of carbonyl (C=O) groups excluding carboxylic acids is 2. The van der Waals surface area contributed by atoms with Crippen LogP contribution in [-0.2, 0) is 26.0 Å². The molecule has 7 nitrogen and oxygen atoms in total. The number of halogens is 1. The van der Waals surface area contributed by atoms with Gasteiger partial charge in [0.25, 0.3) is 10.0 Å². The SMILES string of the molecule is CCCNC(=O)C(CC)N(CCc1ccccc1)C(=O)CN(c1ccccc1F)S(=O)(=O)c1ccc(C)cc1. The third-order valence-electron chi connectivity index (χ3n) is 6.43. The Bertz CT molecular complexity index is 1350. The predicted octanol–water partition coefficient (Wildman–Crippen LogP) is 4.71. The lowest BCUT2D eigenvalue weighted by atomic mass is 10.1. The monoisotopic (exact) mass is 553 g/mol. The van der Waals surface area contributed by atoms with E-state index in [-0.39, 0.29) is 23.0 Å². The highest BCUT2D eigenvalue weighted by Gasteiger charge is 2.34. The van der Waals surface area contributed by atoms with Gasteiger partial charge in [-0.15, -0.1) is 0 Å². The van der Waals surface area contributed by atoms with E-state index >= 15 is 0 Å². The number of rotatable bonds is 13. The average Bonchev–Trinajstić information content (AvgIpc) is 2.93. The van der Waals surface area contributed by atoms with E-state index in [4.69, 9.17) is 0 Å². The Morgan fingerprint density at radius 3 is 2.18 bits per heavy atom. The minimum absolute atomic E-state index is 0.0623. The van der Waals surface area contributed by atoms with E-state index in [0.29, 0.717) is 19.4 Å². The lowest BCUT2D eigenvalue weighted by molar-refractivity contribution is -0.139. The van der Waals surface area contributed by atoms with Gasteiger partial charge in [0.05, 0.1) is 10.6 Å². The van der Waals surface area contributed by atoms with Gasteiger partial charge >= 0.3 is 0 Å². The van der Waals surface area contributed by atoms with Crippen LogP contribution in [0.1, 0.15) is 37.8 Å². The van der Waals surface area contributed by atoms with Crippen molar-refractivity contribution in [3.05, 3.63) is 95.8 Å². The van der Waals surface area contributed by atoms with Crippen LogP contribution in [0, 0.1) is 12.7 Å². The van der Waals surface area contributed by atoms with Crippen LogP contribution in [0.15, 0.2) is 83.8 Å². The third-order valence-corrected chi connectivity index (χ3v) is 8.20. The maximum atomic E-state index is 15.0. The Morgan fingerprint density at radius 2 is 1.56 bits per heavy atom. The smallest absolute Gasteiger partial charge is 0.264 e. The first-order chi connectivity index (χ1) is 18.7. The maximum absolute atomic E-state index is 15.0. The molecule has 0 bridgehead atoms. The van der Waals surface area contributed by atoms with Crippen molar-refractivity contribution in [3.8, 4) is 0 Å². The number of benzene rings is 3. The van der Waals surface area contributed by atoms with Crippen molar-refractivity contribution in [1.82, 2.24) is 10.2 Å². The van der Waals surface area contributed by atoms with Gasteiger partial charge in [-0.05, 0) is 56.0 Å². The molecule has 1 atom stereocenters. The van der Waals surface area contributed by atoms with Gasteiger partial charge in [-0.2, -0.15) is 0 Å². The highest BCUT2D eigenvalue weighted by molar-refractivity contribution is 7.92. The largest absolute Gasteiger partial charge is 0.354 e. The second kappa shape index (κ2) is 13.9. The van der Waals surface area contributed by atoms with Gasteiger partial charge in [0.1, 0.15) is 18.4 Å². The molecular weight excluding hydrogens is 517 g/mol. The molecule has 0 radical (unpaired) electrons. The molecule has 3 aromatic rings. The minimum Gasteiger partial charge on any atom is -0.354 e.